The standard InChI is InChI=1S/C17H18ClN3O2/c18-12-6-8-13(9-7-12)20-21-16(22)17(19)10-15(11-17)23-14-4-2-1-3-5-14/h1-9,15,20H,10-11,19H2,(H,21,22). The number of hydrazine groups is 1. The second-order valence-electron chi connectivity index (χ2n) is 5.70. The Labute approximate surface area is 139 Å². The van der Waals surface area contributed by atoms with Gasteiger partial charge in [-0.05, 0) is 36.4 Å². The van der Waals surface area contributed by atoms with Crippen LogP contribution in [0.25, 0.3) is 0 Å². The molecule has 0 aliphatic heterocycles. The van der Waals surface area contributed by atoms with Gasteiger partial charge in [0.05, 0.1) is 5.69 Å². The maximum absolute atomic E-state index is 12.2. The SMILES string of the molecule is NC1(C(=O)NNc2ccc(Cl)cc2)CC(Oc2ccccc2)C1. The van der Waals surface area contributed by atoms with Gasteiger partial charge in [0.25, 0.3) is 5.91 Å². The van der Waals surface area contributed by atoms with Gasteiger partial charge < -0.3 is 10.5 Å². The summed E-state index contributed by atoms with van der Waals surface area (Å²) < 4.78 is 5.78. The molecule has 0 aromatic heterocycles. The zero-order valence-corrected chi connectivity index (χ0v) is 13.2. The van der Waals surface area contributed by atoms with E-state index in [1.54, 1.807) is 24.3 Å². The summed E-state index contributed by atoms with van der Waals surface area (Å²) in [7, 11) is 0. The lowest BCUT2D eigenvalue weighted by Crippen LogP contribution is -2.65. The van der Waals surface area contributed by atoms with Crippen molar-refractivity contribution in [1.29, 1.82) is 0 Å². The highest BCUT2D eigenvalue weighted by molar-refractivity contribution is 6.30. The van der Waals surface area contributed by atoms with Crippen LogP contribution in [0.5, 0.6) is 5.75 Å². The summed E-state index contributed by atoms with van der Waals surface area (Å²) in [6, 6.07) is 16.5. The molecule has 0 heterocycles. The van der Waals surface area contributed by atoms with E-state index in [0.29, 0.717) is 17.9 Å². The van der Waals surface area contributed by atoms with Gasteiger partial charge in [0, 0.05) is 17.9 Å². The molecule has 1 amide bonds. The molecule has 1 fully saturated rings. The molecule has 0 bridgehead atoms. The minimum Gasteiger partial charge on any atom is -0.490 e. The highest BCUT2D eigenvalue weighted by Gasteiger charge is 2.48. The summed E-state index contributed by atoms with van der Waals surface area (Å²) in [5.41, 5.74) is 11.4. The van der Waals surface area contributed by atoms with E-state index in [4.69, 9.17) is 22.1 Å². The second kappa shape index (κ2) is 6.48. The molecule has 0 radical (unpaired) electrons. The number of nitrogens with one attached hydrogen (secondary N) is 2. The minimum absolute atomic E-state index is 0.0383. The minimum atomic E-state index is -0.904. The molecule has 1 aliphatic rings. The van der Waals surface area contributed by atoms with Crippen molar-refractivity contribution in [3.8, 4) is 5.75 Å². The highest BCUT2D eigenvalue weighted by Crippen LogP contribution is 2.33. The van der Waals surface area contributed by atoms with Gasteiger partial charge in [-0.3, -0.25) is 15.6 Å². The van der Waals surface area contributed by atoms with E-state index in [2.05, 4.69) is 10.9 Å². The molecule has 23 heavy (non-hydrogen) atoms. The number of para-hydroxylation sites is 1. The van der Waals surface area contributed by atoms with Gasteiger partial charge in [-0.25, -0.2) is 0 Å². The number of nitrogens with two attached hydrogens (primary N) is 1. The summed E-state index contributed by atoms with van der Waals surface area (Å²) in [5.74, 6) is 0.541. The Hall–Kier alpha value is -2.24. The summed E-state index contributed by atoms with van der Waals surface area (Å²) >= 11 is 5.81. The molecular formula is C17H18ClN3O2. The monoisotopic (exact) mass is 331 g/mol. The lowest BCUT2D eigenvalue weighted by Gasteiger charge is -2.42. The lowest BCUT2D eigenvalue weighted by molar-refractivity contribution is -0.132. The van der Waals surface area contributed by atoms with Gasteiger partial charge >= 0.3 is 0 Å². The van der Waals surface area contributed by atoms with Crippen molar-refractivity contribution in [3.05, 3.63) is 59.6 Å². The van der Waals surface area contributed by atoms with Crippen LogP contribution in [0, 0.1) is 0 Å². The fraction of sp³-hybridized carbons (Fsp3) is 0.235. The van der Waals surface area contributed by atoms with Crippen LogP contribution < -0.4 is 21.3 Å². The van der Waals surface area contributed by atoms with Crippen molar-refractivity contribution in [3.63, 3.8) is 0 Å². The van der Waals surface area contributed by atoms with Gasteiger partial charge in [0.2, 0.25) is 0 Å². The average molecular weight is 332 g/mol. The largest absolute Gasteiger partial charge is 0.490 e. The van der Waals surface area contributed by atoms with Crippen molar-refractivity contribution < 1.29 is 9.53 Å². The fourth-order valence-corrected chi connectivity index (χ4v) is 2.63. The van der Waals surface area contributed by atoms with Gasteiger partial charge in [-0.15, -0.1) is 0 Å². The normalized spacial score (nSPS) is 22.8. The molecular weight excluding hydrogens is 314 g/mol. The first-order valence-corrected chi connectivity index (χ1v) is 7.76. The van der Waals surface area contributed by atoms with Gasteiger partial charge in [-0.1, -0.05) is 29.8 Å². The zero-order valence-electron chi connectivity index (χ0n) is 12.5. The van der Waals surface area contributed by atoms with E-state index in [1.165, 1.54) is 0 Å². The maximum atomic E-state index is 12.2. The fourth-order valence-electron chi connectivity index (χ4n) is 2.50. The van der Waals surface area contributed by atoms with Crippen LogP contribution in [0.4, 0.5) is 5.69 Å². The number of halogens is 1. The van der Waals surface area contributed by atoms with Crippen LogP contribution in [-0.4, -0.2) is 17.6 Å². The first kappa shape index (κ1) is 15.6. The number of carbonyl (C=O) groups is 1. The molecule has 0 spiro atoms. The Morgan fingerprint density at radius 1 is 1.13 bits per heavy atom. The second-order valence-corrected chi connectivity index (χ2v) is 6.14. The number of carbonyl (C=O) groups excluding carboxylic acids is 1. The maximum Gasteiger partial charge on any atom is 0.258 e. The molecule has 4 N–H and O–H groups in total. The summed E-state index contributed by atoms with van der Waals surface area (Å²) in [6.45, 7) is 0. The Balaban J connectivity index is 1.48. The molecule has 3 rings (SSSR count). The van der Waals surface area contributed by atoms with Crippen LogP contribution in [0.1, 0.15) is 12.8 Å². The summed E-state index contributed by atoms with van der Waals surface area (Å²) in [6.07, 6.45) is 0.926. The molecule has 1 aliphatic carbocycles. The highest BCUT2D eigenvalue weighted by atomic mass is 35.5. The topological polar surface area (TPSA) is 76.4 Å². The van der Waals surface area contributed by atoms with Crippen LogP contribution in [0.3, 0.4) is 0 Å². The third-order valence-electron chi connectivity index (χ3n) is 3.85. The first-order chi connectivity index (χ1) is 11.0. The van der Waals surface area contributed by atoms with E-state index in [0.717, 1.165) is 11.4 Å². The number of ether oxygens (including phenoxy) is 1. The molecule has 5 nitrogen and oxygen atoms in total. The lowest BCUT2D eigenvalue weighted by atomic mass is 9.74. The van der Waals surface area contributed by atoms with Gasteiger partial charge in [0.15, 0.2) is 0 Å². The van der Waals surface area contributed by atoms with Crippen LogP contribution in [-0.2, 0) is 4.79 Å². The zero-order chi connectivity index (χ0) is 16.3. The van der Waals surface area contributed by atoms with E-state index in [9.17, 15) is 4.79 Å². The molecule has 120 valence electrons. The predicted molar refractivity (Wildman–Crippen MR) is 90.2 cm³/mol. The Kier molecular flexibility index (Phi) is 4.41. The van der Waals surface area contributed by atoms with Crippen molar-refractivity contribution in [2.75, 3.05) is 5.43 Å². The molecule has 0 saturated heterocycles. The molecule has 6 heteroatoms. The number of anilines is 1. The number of hydrogen-bond donors (Lipinski definition) is 3. The average Bonchev–Trinajstić information content (AvgIpc) is 2.53. The molecule has 1 saturated carbocycles. The van der Waals surface area contributed by atoms with E-state index in [1.807, 2.05) is 30.3 Å². The molecule has 0 unspecified atom stereocenters. The third-order valence-corrected chi connectivity index (χ3v) is 4.10. The molecule has 0 atom stereocenters. The predicted octanol–water partition coefficient (Wildman–Crippen LogP) is 2.72. The van der Waals surface area contributed by atoms with E-state index < -0.39 is 5.54 Å². The van der Waals surface area contributed by atoms with Crippen molar-refractivity contribution in [1.82, 2.24) is 5.43 Å². The van der Waals surface area contributed by atoms with Crippen molar-refractivity contribution >= 4 is 23.2 Å². The molecule has 2 aromatic carbocycles. The van der Waals surface area contributed by atoms with Crippen LogP contribution in [0.15, 0.2) is 54.6 Å². The number of amides is 1. The number of hydrogen-bond acceptors (Lipinski definition) is 4. The van der Waals surface area contributed by atoms with Gasteiger partial charge in [0.1, 0.15) is 17.4 Å². The number of benzene rings is 2. The Bertz CT molecular complexity index is 670. The third kappa shape index (κ3) is 3.75. The smallest absolute Gasteiger partial charge is 0.258 e. The Morgan fingerprint density at radius 3 is 2.43 bits per heavy atom. The molecule has 2 aromatic rings. The number of rotatable bonds is 5. The van der Waals surface area contributed by atoms with Crippen LogP contribution >= 0.6 is 11.6 Å². The summed E-state index contributed by atoms with van der Waals surface area (Å²) in [5, 5.41) is 0.636. The summed E-state index contributed by atoms with van der Waals surface area (Å²) in [4.78, 5) is 12.2. The quantitative estimate of drug-likeness (QED) is 0.736. The Morgan fingerprint density at radius 2 is 1.78 bits per heavy atom. The van der Waals surface area contributed by atoms with Crippen molar-refractivity contribution in [2.24, 2.45) is 5.73 Å². The van der Waals surface area contributed by atoms with E-state index in [-0.39, 0.29) is 12.0 Å². The van der Waals surface area contributed by atoms with Crippen molar-refractivity contribution in [2.45, 2.75) is 24.5 Å². The van der Waals surface area contributed by atoms with Gasteiger partial charge in [-0.2, -0.15) is 0 Å². The van der Waals surface area contributed by atoms with E-state index >= 15 is 0 Å². The first-order valence-electron chi connectivity index (χ1n) is 7.38. The van der Waals surface area contributed by atoms with Crippen LogP contribution in [0.2, 0.25) is 5.02 Å².